The second-order valence-corrected chi connectivity index (χ2v) is 5.91. The van der Waals surface area contributed by atoms with Crippen LogP contribution in [0.25, 0.3) is 11.0 Å². The first kappa shape index (κ1) is 14.8. The molecule has 1 saturated carbocycles. The number of fused-ring (bicyclic) bond motifs is 1. The lowest BCUT2D eigenvalue weighted by atomic mass is 9.95. The van der Waals surface area contributed by atoms with Crippen LogP contribution in [0.1, 0.15) is 50.3 Å². The van der Waals surface area contributed by atoms with Gasteiger partial charge in [0.15, 0.2) is 5.65 Å². The average Bonchev–Trinajstić information content (AvgIpc) is 2.94. The lowest BCUT2D eigenvalue weighted by Gasteiger charge is -2.25. The monoisotopic (exact) mass is 301 g/mol. The first-order chi connectivity index (χ1) is 10.7. The molecule has 2 heterocycles. The number of aromatic nitrogens is 3. The van der Waals surface area contributed by atoms with Crippen LogP contribution in [0.3, 0.4) is 0 Å². The molecule has 1 fully saturated rings. The van der Waals surface area contributed by atoms with Crippen LogP contribution >= 0.6 is 0 Å². The van der Waals surface area contributed by atoms with E-state index in [1.54, 1.807) is 0 Å². The van der Waals surface area contributed by atoms with Crippen molar-refractivity contribution in [3.63, 3.8) is 0 Å². The third kappa shape index (κ3) is 2.65. The summed E-state index contributed by atoms with van der Waals surface area (Å²) in [5, 5.41) is 21.3. The van der Waals surface area contributed by atoms with E-state index in [-0.39, 0.29) is 0 Å². The fourth-order valence-corrected chi connectivity index (χ4v) is 3.27. The molecule has 2 aromatic heterocycles. The zero-order valence-electron chi connectivity index (χ0n) is 13.2. The van der Waals surface area contributed by atoms with Crippen LogP contribution in [-0.2, 0) is 6.54 Å². The van der Waals surface area contributed by atoms with E-state index in [1.165, 1.54) is 38.3 Å². The molecule has 3 rings (SSSR count). The second kappa shape index (κ2) is 6.34. The minimum absolute atomic E-state index is 0.467. The van der Waals surface area contributed by atoms with Gasteiger partial charge in [-0.15, -0.1) is 0 Å². The predicted octanol–water partition coefficient (Wildman–Crippen LogP) is 3.31. The molecule has 0 unspecified atom stereocenters. The maximum absolute atomic E-state index is 8.99. The van der Waals surface area contributed by atoms with Gasteiger partial charge in [-0.1, -0.05) is 24.4 Å². The molecule has 6 nitrogen and oxygen atoms in total. The zero-order valence-corrected chi connectivity index (χ0v) is 13.2. The van der Waals surface area contributed by atoms with Crippen LogP contribution in [0.4, 0.5) is 5.69 Å². The van der Waals surface area contributed by atoms with E-state index in [4.69, 9.17) is 5.21 Å². The standard InChI is InChI=1S/C16H23N5O/c1-3-21-16-14(9-17-21)15(13(10-18-22)11(2)19-16)20-12-7-5-4-6-8-12/h9-10,12,22H,3-8H2,1-2H3,(H,19,20)/b18-10+. The molecule has 1 aliphatic rings. The second-order valence-electron chi connectivity index (χ2n) is 5.91. The van der Waals surface area contributed by atoms with Gasteiger partial charge in [0.25, 0.3) is 0 Å². The Labute approximate surface area is 130 Å². The van der Waals surface area contributed by atoms with E-state index in [0.717, 1.165) is 34.5 Å². The largest absolute Gasteiger partial charge is 0.411 e. The molecule has 22 heavy (non-hydrogen) atoms. The summed E-state index contributed by atoms with van der Waals surface area (Å²) in [7, 11) is 0. The number of hydrogen-bond acceptors (Lipinski definition) is 5. The van der Waals surface area contributed by atoms with Crippen molar-refractivity contribution in [3.8, 4) is 0 Å². The third-order valence-corrected chi connectivity index (χ3v) is 4.45. The Hall–Kier alpha value is -2.11. The Morgan fingerprint density at radius 3 is 2.86 bits per heavy atom. The van der Waals surface area contributed by atoms with Crippen molar-refractivity contribution in [3.05, 3.63) is 17.5 Å². The van der Waals surface area contributed by atoms with E-state index in [0.29, 0.717) is 6.04 Å². The van der Waals surface area contributed by atoms with Gasteiger partial charge in [-0.2, -0.15) is 5.10 Å². The summed E-state index contributed by atoms with van der Waals surface area (Å²) in [6.45, 7) is 4.78. The molecule has 0 saturated heterocycles. The SMILES string of the molecule is CCn1ncc2c(NC3CCCCC3)c(/C=N/O)c(C)nc21. The Balaban J connectivity index is 2.10. The Kier molecular flexibility index (Phi) is 4.27. The smallest absolute Gasteiger partial charge is 0.160 e. The summed E-state index contributed by atoms with van der Waals surface area (Å²) < 4.78 is 1.90. The maximum Gasteiger partial charge on any atom is 0.160 e. The number of nitrogens with zero attached hydrogens (tertiary/aromatic N) is 4. The molecule has 1 aliphatic carbocycles. The van der Waals surface area contributed by atoms with E-state index >= 15 is 0 Å². The third-order valence-electron chi connectivity index (χ3n) is 4.45. The number of oxime groups is 1. The number of anilines is 1. The van der Waals surface area contributed by atoms with Crippen molar-refractivity contribution in [1.82, 2.24) is 14.8 Å². The molecule has 0 bridgehead atoms. The highest BCUT2D eigenvalue weighted by Gasteiger charge is 2.19. The Morgan fingerprint density at radius 2 is 2.18 bits per heavy atom. The highest BCUT2D eigenvalue weighted by atomic mass is 16.4. The van der Waals surface area contributed by atoms with Crippen molar-refractivity contribution >= 4 is 22.9 Å². The van der Waals surface area contributed by atoms with Crippen LogP contribution in [0.5, 0.6) is 0 Å². The van der Waals surface area contributed by atoms with Gasteiger partial charge in [-0.25, -0.2) is 9.67 Å². The predicted molar refractivity (Wildman–Crippen MR) is 87.8 cm³/mol. The number of nitrogens with one attached hydrogen (secondary N) is 1. The van der Waals surface area contributed by atoms with Crippen molar-refractivity contribution in [2.24, 2.45) is 5.16 Å². The van der Waals surface area contributed by atoms with E-state index in [9.17, 15) is 0 Å². The summed E-state index contributed by atoms with van der Waals surface area (Å²) in [5.74, 6) is 0. The number of rotatable bonds is 4. The van der Waals surface area contributed by atoms with Crippen LogP contribution in [-0.4, -0.2) is 32.2 Å². The van der Waals surface area contributed by atoms with Gasteiger partial charge in [0, 0.05) is 18.2 Å². The van der Waals surface area contributed by atoms with Gasteiger partial charge in [-0.05, 0) is 26.7 Å². The number of pyridine rings is 1. The van der Waals surface area contributed by atoms with Crippen molar-refractivity contribution in [2.75, 3.05) is 5.32 Å². The van der Waals surface area contributed by atoms with Crippen LogP contribution in [0.15, 0.2) is 11.4 Å². The minimum Gasteiger partial charge on any atom is -0.411 e. The molecule has 0 aliphatic heterocycles. The maximum atomic E-state index is 8.99. The quantitative estimate of drug-likeness (QED) is 0.516. The molecule has 2 N–H and O–H groups in total. The molecular weight excluding hydrogens is 278 g/mol. The summed E-state index contributed by atoms with van der Waals surface area (Å²) in [5.41, 5.74) is 3.57. The molecule has 0 aromatic carbocycles. The summed E-state index contributed by atoms with van der Waals surface area (Å²) in [6.07, 6.45) is 9.54. The molecule has 0 radical (unpaired) electrons. The van der Waals surface area contributed by atoms with Crippen LogP contribution in [0.2, 0.25) is 0 Å². The molecule has 6 heteroatoms. The fraction of sp³-hybridized carbons (Fsp3) is 0.562. The molecule has 118 valence electrons. The van der Waals surface area contributed by atoms with E-state index in [1.807, 2.05) is 17.8 Å². The fourth-order valence-electron chi connectivity index (χ4n) is 3.27. The lowest BCUT2D eigenvalue weighted by molar-refractivity contribution is 0.322. The Morgan fingerprint density at radius 1 is 1.41 bits per heavy atom. The topological polar surface area (TPSA) is 75.3 Å². The highest BCUT2D eigenvalue weighted by molar-refractivity contribution is 6.01. The molecule has 2 aromatic rings. The first-order valence-electron chi connectivity index (χ1n) is 8.04. The van der Waals surface area contributed by atoms with Crippen molar-refractivity contribution in [1.29, 1.82) is 0 Å². The van der Waals surface area contributed by atoms with Gasteiger partial charge in [0.1, 0.15) is 0 Å². The normalized spacial score (nSPS) is 16.6. The highest BCUT2D eigenvalue weighted by Crippen LogP contribution is 2.30. The molecule has 0 amide bonds. The number of aryl methyl sites for hydroxylation is 2. The Bertz CT molecular complexity index is 685. The van der Waals surface area contributed by atoms with Crippen LogP contribution < -0.4 is 5.32 Å². The molecular formula is C16H23N5O. The van der Waals surface area contributed by atoms with Crippen molar-refractivity contribution in [2.45, 2.75) is 58.5 Å². The van der Waals surface area contributed by atoms with Gasteiger partial charge in [0.2, 0.25) is 0 Å². The molecule has 0 spiro atoms. The first-order valence-corrected chi connectivity index (χ1v) is 8.04. The minimum atomic E-state index is 0.467. The van der Waals surface area contributed by atoms with Gasteiger partial charge in [0.05, 0.1) is 29.2 Å². The summed E-state index contributed by atoms with van der Waals surface area (Å²) in [6, 6.07) is 0.467. The summed E-state index contributed by atoms with van der Waals surface area (Å²) >= 11 is 0. The van der Waals surface area contributed by atoms with E-state index in [2.05, 4.69) is 27.5 Å². The van der Waals surface area contributed by atoms with Crippen LogP contribution in [0, 0.1) is 6.92 Å². The van der Waals surface area contributed by atoms with Gasteiger partial charge < -0.3 is 10.5 Å². The number of hydrogen-bond donors (Lipinski definition) is 2. The zero-order chi connectivity index (χ0) is 15.5. The lowest BCUT2D eigenvalue weighted by Crippen LogP contribution is -2.23. The summed E-state index contributed by atoms with van der Waals surface area (Å²) in [4.78, 5) is 4.64. The van der Waals surface area contributed by atoms with Crippen molar-refractivity contribution < 1.29 is 5.21 Å². The van der Waals surface area contributed by atoms with Gasteiger partial charge in [-0.3, -0.25) is 0 Å². The molecule has 0 atom stereocenters. The van der Waals surface area contributed by atoms with E-state index < -0.39 is 0 Å². The average molecular weight is 301 g/mol. The van der Waals surface area contributed by atoms with Gasteiger partial charge >= 0.3 is 0 Å².